The van der Waals surface area contributed by atoms with E-state index < -0.39 is 5.60 Å². The van der Waals surface area contributed by atoms with Gasteiger partial charge in [-0.3, -0.25) is 14.2 Å². The van der Waals surface area contributed by atoms with Crippen molar-refractivity contribution in [1.29, 1.82) is 0 Å². The predicted octanol–water partition coefficient (Wildman–Crippen LogP) is 3.34. The van der Waals surface area contributed by atoms with Gasteiger partial charge in [0.2, 0.25) is 5.91 Å². The first kappa shape index (κ1) is 21.5. The van der Waals surface area contributed by atoms with Gasteiger partial charge in [-0.2, -0.15) is 0 Å². The minimum Gasteiger partial charge on any atom is -0.388 e. The van der Waals surface area contributed by atoms with Crippen molar-refractivity contribution in [3.8, 4) is 0 Å². The van der Waals surface area contributed by atoms with Crippen LogP contribution in [-0.2, 0) is 17.8 Å². The van der Waals surface area contributed by atoms with E-state index >= 15 is 0 Å². The number of amides is 1. The number of aryl methyl sites for hydroxylation is 2. The molecule has 1 aliphatic rings. The van der Waals surface area contributed by atoms with Crippen LogP contribution in [0.25, 0.3) is 10.9 Å². The van der Waals surface area contributed by atoms with Gasteiger partial charge in [0.25, 0.3) is 5.56 Å². The Bertz CT molecular complexity index is 1150. The molecule has 2 heterocycles. The van der Waals surface area contributed by atoms with Crippen LogP contribution in [-0.4, -0.2) is 44.2 Å². The molecule has 2 aromatic carbocycles. The van der Waals surface area contributed by atoms with Crippen LogP contribution >= 0.6 is 11.6 Å². The summed E-state index contributed by atoms with van der Waals surface area (Å²) in [5, 5.41) is 12.0. The Labute approximate surface area is 186 Å². The summed E-state index contributed by atoms with van der Waals surface area (Å²) in [5.74, 6) is 0.101. The Balaban J connectivity index is 1.36. The molecule has 0 unspecified atom stereocenters. The van der Waals surface area contributed by atoms with Crippen molar-refractivity contribution in [2.24, 2.45) is 0 Å². The number of rotatable bonds is 5. The first-order valence-electron chi connectivity index (χ1n) is 10.5. The van der Waals surface area contributed by atoms with Gasteiger partial charge in [-0.25, -0.2) is 4.98 Å². The first-order valence-corrected chi connectivity index (χ1v) is 10.9. The zero-order valence-electron chi connectivity index (χ0n) is 17.6. The summed E-state index contributed by atoms with van der Waals surface area (Å²) < 4.78 is 1.45. The third kappa shape index (κ3) is 4.97. The van der Waals surface area contributed by atoms with E-state index in [9.17, 15) is 14.7 Å². The van der Waals surface area contributed by atoms with E-state index in [1.165, 1.54) is 16.5 Å². The zero-order chi connectivity index (χ0) is 22.0. The minimum absolute atomic E-state index is 0.101. The van der Waals surface area contributed by atoms with E-state index in [1.54, 1.807) is 18.2 Å². The van der Waals surface area contributed by atoms with E-state index in [2.05, 4.69) is 29.2 Å². The van der Waals surface area contributed by atoms with Gasteiger partial charge in [0, 0.05) is 24.5 Å². The highest BCUT2D eigenvalue weighted by molar-refractivity contribution is 6.31. The van der Waals surface area contributed by atoms with Crippen LogP contribution in [0.5, 0.6) is 0 Å². The number of carbonyl (C=O) groups is 1. The number of hydrogen-bond donors (Lipinski definition) is 1. The molecule has 0 saturated carbocycles. The largest absolute Gasteiger partial charge is 0.388 e. The Hall–Kier alpha value is -2.70. The molecule has 4 rings (SSSR count). The van der Waals surface area contributed by atoms with Gasteiger partial charge < -0.3 is 10.0 Å². The molecular formula is C24H26ClN3O3. The lowest BCUT2D eigenvalue weighted by atomic mass is 9.91. The molecule has 0 radical (unpaired) electrons. The Morgan fingerprint density at radius 1 is 1.16 bits per heavy atom. The Morgan fingerprint density at radius 3 is 2.58 bits per heavy atom. The van der Waals surface area contributed by atoms with E-state index in [0.717, 1.165) is 5.56 Å². The van der Waals surface area contributed by atoms with Gasteiger partial charge >= 0.3 is 0 Å². The molecule has 162 valence electrons. The summed E-state index contributed by atoms with van der Waals surface area (Å²) >= 11 is 5.97. The van der Waals surface area contributed by atoms with Crippen LogP contribution in [0, 0.1) is 6.92 Å². The van der Waals surface area contributed by atoms with Crippen LogP contribution in [0.1, 0.15) is 30.4 Å². The average molecular weight is 440 g/mol. The number of halogens is 1. The van der Waals surface area contributed by atoms with Gasteiger partial charge in [0.1, 0.15) is 0 Å². The molecule has 1 amide bonds. The number of benzene rings is 2. The monoisotopic (exact) mass is 439 g/mol. The molecule has 31 heavy (non-hydrogen) atoms. The molecule has 0 spiro atoms. The predicted molar refractivity (Wildman–Crippen MR) is 121 cm³/mol. The van der Waals surface area contributed by atoms with Crippen molar-refractivity contribution >= 4 is 28.4 Å². The number of nitrogens with zero attached hydrogens (tertiary/aromatic N) is 3. The van der Waals surface area contributed by atoms with E-state index in [1.807, 2.05) is 11.8 Å². The number of aromatic nitrogens is 2. The van der Waals surface area contributed by atoms with Crippen molar-refractivity contribution in [2.75, 3.05) is 13.1 Å². The zero-order valence-corrected chi connectivity index (χ0v) is 18.3. The quantitative estimate of drug-likeness (QED) is 0.661. The SMILES string of the molecule is Cc1ccc(CCC(=O)N2CCC(O)(Cn3cnc4cc(Cl)ccc4c3=O)CC2)cc1. The highest BCUT2D eigenvalue weighted by Gasteiger charge is 2.34. The van der Waals surface area contributed by atoms with Crippen LogP contribution in [0.3, 0.4) is 0 Å². The van der Waals surface area contributed by atoms with Crippen LogP contribution in [0.2, 0.25) is 5.02 Å². The number of fused-ring (bicyclic) bond motifs is 1. The molecular weight excluding hydrogens is 414 g/mol. The summed E-state index contributed by atoms with van der Waals surface area (Å²) in [4.78, 5) is 31.5. The molecule has 1 aromatic heterocycles. The van der Waals surface area contributed by atoms with Crippen molar-refractivity contribution in [3.05, 3.63) is 75.3 Å². The highest BCUT2D eigenvalue weighted by Crippen LogP contribution is 2.25. The Morgan fingerprint density at radius 2 is 1.87 bits per heavy atom. The maximum atomic E-state index is 12.8. The molecule has 0 bridgehead atoms. The van der Waals surface area contributed by atoms with Crippen LogP contribution < -0.4 is 5.56 Å². The molecule has 0 atom stereocenters. The lowest BCUT2D eigenvalue weighted by molar-refractivity contribution is -0.135. The second kappa shape index (κ2) is 8.81. The van der Waals surface area contributed by atoms with E-state index in [4.69, 9.17) is 11.6 Å². The number of aliphatic hydroxyl groups is 1. The van der Waals surface area contributed by atoms with Crippen molar-refractivity contribution in [2.45, 2.75) is 44.8 Å². The fraction of sp³-hybridized carbons (Fsp3) is 0.375. The van der Waals surface area contributed by atoms with Gasteiger partial charge in [-0.15, -0.1) is 0 Å². The molecule has 1 N–H and O–H groups in total. The number of likely N-dealkylation sites (tertiary alicyclic amines) is 1. The highest BCUT2D eigenvalue weighted by atomic mass is 35.5. The summed E-state index contributed by atoms with van der Waals surface area (Å²) in [6.07, 6.45) is 3.47. The summed E-state index contributed by atoms with van der Waals surface area (Å²) in [6, 6.07) is 13.2. The number of piperidine rings is 1. The fourth-order valence-corrected chi connectivity index (χ4v) is 4.22. The van der Waals surface area contributed by atoms with Crippen LogP contribution in [0.15, 0.2) is 53.6 Å². The average Bonchev–Trinajstić information content (AvgIpc) is 2.75. The molecule has 7 heteroatoms. The topological polar surface area (TPSA) is 75.4 Å². The van der Waals surface area contributed by atoms with Gasteiger partial charge in [0.05, 0.1) is 29.4 Å². The molecule has 1 aliphatic heterocycles. The van der Waals surface area contributed by atoms with Gasteiger partial charge in [0.15, 0.2) is 0 Å². The smallest absolute Gasteiger partial charge is 0.261 e. The third-order valence-corrected chi connectivity index (χ3v) is 6.28. The second-order valence-electron chi connectivity index (χ2n) is 8.43. The van der Waals surface area contributed by atoms with Crippen molar-refractivity contribution in [1.82, 2.24) is 14.5 Å². The lowest BCUT2D eigenvalue weighted by Crippen LogP contribution is -2.49. The molecule has 3 aromatic rings. The van der Waals surface area contributed by atoms with Crippen molar-refractivity contribution in [3.63, 3.8) is 0 Å². The van der Waals surface area contributed by atoms with Crippen LogP contribution in [0.4, 0.5) is 0 Å². The van der Waals surface area contributed by atoms with Gasteiger partial charge in [-0.1, -0.05) is 41.4 Å². The Kier molecular flexibility index (Phi) is 6.12. The molecule has 0 aliphatic carbocycles. The normalized spacial score (nSPS) is 15.9. The maximum Gasteiger partial charge on any atom is 0.261 e. The lowest BCUT2D eigenvalue weighted by Gasteiger charge is -2.38. The van der Waals surface area contributed by atoms with Crippen molar-refractivity contribution < 1.29 is 9.90 Å². The fourth-order valence-electron chi connectivity index (χ4n) is 4.06. The standard InChI is InChI=1S/C24H26ClN3O3/c1-17-2-4-18(5-3-17)6-9-22(29)27-12-10-24(31,11-13-27)15-28-16-26-21-14-19(25)7-8-20(21)23(28)30/h2-5,7-8,14,16,31H,6,9-13,15H2,1H3. The molecule has 6 nitrogen and oxygen atoms in total. The maximum absolute atomic E-state index is 12.8. The summed E-state index contributed by atoms with van der Waals surface area (Å²) in [5.41, 5.74) is 1.65. The second-order valence-corrected chi connectivity index (χ2v) is 8.87. The van der Waals surface area contributed by atoms with Gasteiger partial charge in [-0.05, 0) is 49.9 Å². The molecule has 1 fully saturated rings. The number of hydrogen-bond acceptors (Lipinski definition) is 4. The molecule has 1 saturated heterocycles. The number of carbonyl (C=O) groups excluding carboxylic acids is 1. The first-order chi connectivity index (χ1) is 14.8. The summed E-state index contributed by atoms with van der Waals surface area (Å²) in [6.45, 7) is 3.16. The van der Waals surface area contributed by atoms with E-state index in [0.29, 0.717) is 54.7 Å². The summed E-state index contributed by atoms with van der Waals surface area (Å²) in [7, 11) is 0. The third-order valence-electron chi connectivity index (χ3n) is 6.05. The van der Waals surface area contributed by atoms with E-state index in [-0.39, 0.29) is 18.0 Å². The minimum atomic E-state index is -1.04.